The van der Waals surface area contributed by atoms with Gasteiger partial charge in [0, 0.05) is 30.3 Å². The Bertz CT molecular complexity index is 545. The predicted molar refractivity (Wildman–Crippen MR) is 92.4 cm³/mol. The largest absolute Gasteiger partial charge is 0.381 e. The van der Waals surface area contributed by atoms with Gasteiger partial charge in [-0.3, -0.25) is 4.98 Å². The van der Waals surface area contributed by atoms with Crippen molar-refractivity contribution in [1.29, 1.82) is 0 Å². The topological polar surface area (TPSA) is 50.9 Å². The van der Waals surface area contributed by atoms with Gasteiger partial charge in [-0.25, -0.2) is 0 Å². The number of nitrogens with two attached hydrogens (primary N) is 1. The summed E-state index contributed by atoms with van der Waals surface area (Å²) >= 11 is 3.67. The Hall–Kier alpha value is -0.870. The molecule has 1 saturated carbocycles. The molecule has 0 unspecified atom stereocenters. The van der Waals surface area contributed by atoms with E-state index in [-0.39, 0.29) is 0 Å². The van der Waals surface area contributed by atoms with E-state index in [1.54, 1.807) is 0 Å². The highest BCUT2D eigenvalue weighted by molar-refractivity contribution is 9.10. The molecule has 0 aromatic carbocycles. The molecule has 2 aliphatic carbocycles. The van der Waals surface area contributed by atoms with E-state index in [9.17, 15) is 0 Å². The Balaban J connectivity index is 1.81. The Morgan fingerprint density at radius 3 is 2.81 bits per heavy atom. The molecule has 0 aliphatic heterocycles. The molecule has 3 rings (SSSR count). The summed E-state index contributed by atoms with van der Waals surface area (Å²) < 4.78 is 1.07. The van der Waals surface area contributed by atoms with E-state index in [0.29, 0.717) is 12.1 Å². The molecule has 0 saturated heterocycles. The first-order valence-electron chi connectivity index (χ1n) is 8.06. The molecule has 1 heterocycles. The third-order valence-corrected chi connectivity index (χ3v) is 5.19. The van der Waals surface area contributed by atoms with Gasteiger partial charge in [0.1, 0.15) is 0 Å². The molecular formula is C17H24BrN3. The monoisotopic (exact) mass is 349 g/mol. The molecule has 0 bridgehead atoms. The molecule has 0 spiro atoms. The van der Waals surface area contributed by atoms with E-state index in [2.05, 4.69) is 39.2 Å². The number of nitrogens with one attached hydrogen (secondary N) is 1. The van der Waals surface area contributed by atoms with Crippen LogP contribution in [0.25, 0.3) is 6.08 Å². The summed E-state index contributed by atoms with van der Waals surface area (Å²) in [5.41, 5.74) is 11.3. The fourth-order valence-corrected chi connectivity index (χ4v) is 3.83. The van der Waals surface area contributed by atoms with E-state index in [0.717, 1.165) is 36.6 Å². The van der Waals surface area contributed by atoms with E-state index in [1.165, 1.54) is 35.4 Å². The molecule has 21 heavy (non-hydrogen) atoms. The van der Waals surface area contributed by atoms with Crippen molar-refractivity contribution >= 4 is 27.7 Å². The maximum atomic E-state index is 6.01. The highest BCUT2D eigenvalue weighted by atomic mass is 79.9. The van der Waals surface area contributed by atoms with Crippen molar-refractivity contribution < 1.29 is 0 Å². The second-order valence-corrected chi connectivity index (χ2v) is 7.18. The molecule has 0 radical (unpaired) electrons. The summed E-state index contributed by atoms with van der Waals surface area (Å²) in [7, 11) is 0. The minimum atomic E-state index is 0.394. The molecule has 114 valence electrons. The molecule has 2 aliphatic rings. The molecule has 0 amide bonds. The molecule has 3 nitrogen and oxygen atoms in total. The Morgan fingerprint density at radius 2 is 2.10 bits per heavy atom. The van der Waals surface area contributed by atoms with Gasteiger partial charge in [-0.1, -0.05) is 25.0 Å². The van der Waals surface area contributed by atoms with Crippen LogP contribution in [0.2, 0.25) is 0 Å². The minimum absolute atomic E-state index is 0.394. The van der Waals surface area contributed by atoms with Gasteiger partial charge in [0.05, 0.1) is 15.9 Å². The molecule has 4 heteroatoms. The lowest BCUT2D eigenvalue weighted by atomic mass is 9.91. The van der Waals surface area contributed by atoms with Crippen LogP contribution < -0.4 is 11.1 Å². The van der Waals surface area contributed by atoms with Gasteiger partial charge in [-0.2, -0.15) is 0 Å². The highest BCUT2D eigenvalue weighted by Gasteiger charge is 2.23. The number of hydrogen-bond acceptors (Lipinski definition) is 3. The van der Waals surface area contributed by atoms with E-state index in [1.807, 2.05) is 6.20 Å². The Kier molecular flexibility index (Phi) is 4.65. The number of fused-ring (bicyclic) bond motifs is 1. The van der Waals surface area contributed by atoms with Crippen molar-refractivity contribution in [2.75, 3.05) is 5.32 Å². The fourth-order valence-electron chi connectivity index (χ4n) is 3.40. The Morgan fingerprint density at radius 1 is 1.33 bits per heavy atom. The SMILES string of the molecule is CCCC1=Cc2c(ncc(Br)c2NC2CCC(N)CC2)C1. The van der Waals surface area contributed by atoms with Crippen LogP contribution in [0.3, 0.4) is 0 Å². The first-order chi connectivity index (χ1) is 10.2. The lowest BCUT2D eigenvalue weighted by Gasteiger charge is -2.28. The average molecular weight is 350 g/mol. The van der Waals surface area contributed by atoms with Gasteiger partial charge in [0.2, 0.25) is 0 Å². The zero-order valence-electron chi connectivity index (χ0n) is 12.7. The van der Waals surface area contributed by atoms with Crippen LogP contribution in [0.4, 0.5) is 5.69 Å². The molecule has 0 atom stereocenters. The average Bonchev–Trinajstić information content (AvgIpc) is 2.88. The zero-order chi connectivity index (χ0) is 14.8. The van der Waals surface area contributed by atoms with Crippen molar-refractivity contribution in [2.24, 2.45) is 5.73 Å². The van der Waals surface area contributed by atoms with Crippen LogP contribution in [0.15, 0.2) is 16.2 Å². The second-order valence-electron chi connectivity index (χ2n) is 6.33. The van der Waals surface area contributed by atoms with Crippen LogP contribution in [0.1, 0.15) is 56.7 Å². The molecule has 1 aromatic heterocycles. The third kappa shape index (κ3) is 3.32. The van der Waals surface area contributed by atoms with Gasteiger partial charge in [0.25, 0.3) is 0 Å². The van der Waals surface area contributed by atoms with Gasteiger partial charge in [-0.05, 0) is 48.0 Å². The van der Waals surface area contributed by atoms with E-state index < -0.39 is 0 Å². The van der Waals surface area contributed by atoms with E-state index in [4.69, 9.17) is 5.73 Å². The highest BCUT2D eigenvalue weighted by Crippen LogP contribution is 2.37. The van der Waals surface area contributed by atoms with Crippen molar-refractivity contribution in [3.63, 3.8) is 0 Å². The fraction of sp³-hybridized carbons (Fsp3) is 0.588. The third-order valence-electron chi connectivity index (χ3n) is 4.59. The number of pyridine rings is 1. The minimum Gasteiger partial charge on any atom is -0.381 e. The summed E-state index contributed by atoms with van der Waals surface area (Å²) in [4.78, 5) is 4.60. The first-order valence-corrected chi connectivity index (χ1v) is 8.85. The number of rotatable bonds is 4. The molecule has 1 fully saturated rings. The maximum absolute atomic E-state index is 6.01. The van der Waals surface area contributed by atoms with Crippen LogP contribution in [0, 0.1) is 0 Å². The van der Waals surface area contributed by atoms with E-state index >= 15 is 0 Å². The summed E-state index contributed by atoms with van der Waals surface area (Å²) in [6.45, 7) is 2.23. The standard InChI is InChI=1S/C17H24BrN3/c1-2-3-11-8-14-16(9-11)20-10-15(18)17(14)21-13-6-4-12(19)5-7-13/h8,10,12-13H,2-7,9,19H2,1H3,(H,20,21). The number of aromatic nitrogens is 1. The summed E-state index contributed by atoms with van der Waals surface area (Å²) in [6, 6.07) is 0.932. The zero-order valence-corrected chi connectivity index (χ0v) is 14.2. The summed E-state index contributed by atoms with van der Waals surface area (Å²) in [6.07, 6.45) is 12.2. The van der Waals surface area contributed by atoms with Crippen LogP contribution in [-0.2, 0) is 6.42 Å². The second kappa shape index (κ2) is 6.49. The lowest BCUT2D eigenvalue weighted by Crippen LogP contribution is -2.33. The lowest BCUT2D eigenvalue weighted by molar-refractivity contribution is 0.411. The maximum Gasteiger partial charge on any atom is 0.0596 e. The van der Waals surface area contributed by atoms with Gasteiger partial charge in [0.15, 0.2) is 0 Å². The van der Waals surface area contributed by atoms with Crippen molar-refractivity contribution in [3.8, 4) is 0 Å². The summed E-state index contributed by atoms with van der Waals surface area (Å²) in [5.74, 6) is 0. The smallest absolute Gasteiger partial charge is 0.0596 e. The van der Waals surface area contributed by atoms with Crippen molar-refractivity contribution in [2.45, 2.75) is 64.0 Å². The number of hydrogen-bond donors (Lipinski definition) is 2. The molecular weight excluding hydrogens is 326 g/mol. The number of allylic oxidation sites excluding steroid dienone is 1. The van der Waals surface area contributed by atoms with Crippen LogP contribution >= 0.6 is 15.9 Å². The van der Waals surface area contributed by atoms with Crippen LogP contribution in [0.5, 0.6) is 0 Å². The predicted octanol–water partition coefficient (Wildman–Crippen LogP) is 4.27. The normalized spacial score (nSPS) is 24.6. The number of halogens is 1. The van der Waals surface area contributed by atoms with Crippen LogP contribution in [-0.4, -0.2) is 17.1 Å². The molecule has 1 aromatic rings. The number of nitrogens with zero attached hydrogens (tertiary/aromatic N) is 1. The van der Waals surface area contributed by atoms with Crippen molar-refractivity contribution in [1.82, 2.24) is 4.98 Å². The van der Waals surface area contributed by atoms with Crippen molar-refractivity contribution in [3.05, 3.63) is 27.5 Å². The Labute approximate surface area is 135 Å². The summed E-state index contributed by atoms with van der Waals surface area (Å²) in [5, 5.41) is 3.75. The quantitative estimate of drug-likeness (QED) is 0.853. The first kappa shape index (κ1) is 15.0. The van der Waals surface area contributed by atoms with Gasteiger partial charge < -0.3 is 11.1 Å². The number of anilines is 1. The molecule has 3 N–H and O–H groups in total. The van der Waals surface area contributed by atoms with Gasteiger partial charge >= 0.3 is 0 Å². The van der Waals surface area contributed by atoms with Gasteiger partial charge in [-0.15, -0.1) is 0 Å².